The number of aryl methyl sites for hydroxylation is 1. The van der Waals surface area contributed by atoms with Gasteiger partial charge < -0.3 is 14.5 Å². The van der Waals surface area contributed by atoms with Crippen molar-refractivity contribution in [1.29, 1.82) is 0 Å². The number of benzene rings is 1. The zero-order valence-electron chi connectivity index (χ0n) is 15.5. The van der Waals surface area contributed by atoms with Gasteiger partial charge in [0.05, 0.1) is 16.7 Å². The number of non-ortho nitro benzene ring substituents is 1. The third-order valence-electron chi connectivity index (χ3n) is 4.09. The summed E-state index contributed by atoms with van der Waals surface area (Å²) in [6.07, 6.45) is 1.86. The fourth-order valence-corrected chi connectivity index (χ4v) is 2.52. The Morgan fingerprint density at radius 1 is 1.29 bits per heavy atom. The van der Waals surface area contributed by atoms with Crippen LogP contribution in [0.4, 0.5) is 5.69 Å². The average Bonchev–Trinajstić information content (AvgIpc) is 3.36. The van der Waals surface area contributed by atoms with E-state index in [4.69, 9.17) is 9.15 Å². The van der Waals surface area contributed by atoms with Crippen LogP contribution in [0.2, 0.25) is 0 Å². The standard InChI is InChI=1S/C19H20N4O5/c1-3-22-11-10-17(21-22)13(2)20-19(24)18-9-8-16(28-18)12-27-15-6-4-14(5-7-15)23(25)26/h4-11,13H,3,12H2,1-2H3,(H,20,24). The molecular weight excluding hydrogens is 364 g/mol. The highest BCUT2D eigenvalue weighted by Gasteiger charge is 2.17. The van der Waals surface area contributed by atoms with E-state index in [1.807, 2.05) is 26.1 Å². The lowest BCUT2D eigenvalue weighted by Gasteiger charge is -2.10. The summed E-state index contributed by atoms with van der Waals surface area (Å²) in [6.45, 7) is 4.70. The number of ether oxygens (including phenoxy) is 1. The highest BCUT2D eigenvalue weighted by Crippen LogP contribution is 2.19. The van der Waals surface area contributed by atoms with Crippen LogP contribution in [0.3, 0.4) is 0 Å². The lowest BCUT2D eigenvalue weighted by atomic mass is 10.2. The molecule has 1 atom stereocenters. The van der Waals surface area contributed by atoms with Gasteiger partial charge in [-0.1, -0.05) is 0 Å². The minimum absolute atomic E-state index is 0.0119. The number of nitrogens with one attached hydrogen (secondary N) is 1. The largest absolute Gasteiger partial charge is 0.486 e. The molecule has 2 heterocycles. The van der Waals surface area contributed by atoms with E-state index in [2.05, 4.69) is 10.4 Å². The van der Waals surface area contributed by atoms with Crippen molar-refractivity contribution in [3.05, 3.63) is 76.0 Å². The quantitative estimate of drug-likeness (QED) is 0.470. The van der Waals surface area contributed by atoms with Crippen molar-refractivity contribution < 1.29 is 18.9 Å². The molecule has 0 fully saturated rings. The predicted molar refractivity (Wildman–Crippen MR) is 99.9 cm³/mol. The van der Waals surface area contributed by atoms with E-state index in [0.717, 1.165) is 12.2 Å². The number of aromatic nitrogens is 2. The van der Waals surface area contributed by atoms with Crippen LogP contribution in [0.5, 0.6) is 5.75 Å². The summed E-state index contributed by atoms with van der Waals surface area (Å²) in [5.74, 6) is 0.753. The summed E-state index contributed by atoms with van der Waals surface area (Å²) < 4.78 is 12.8. The summed E-state index contributed by atoms with van der Waals surface area (Å²) in [5, 5.41) is 17.9. The van der Waals surface area contributed by atoms with Crippen LogP contribution >= 0.6 is 0 Å². The van der Waals surface area contributed by atoms with Crippen molar-refractivity contribution in [3.63, 3.8) is 0 Å². The second-order valence-electron chi connectivity index (χ2n) is 6.10. The van der Waals surface area contributed by atoms with Gasteiger partial charge in [-0.25, -0.2) is 0 Å². The Kier molecular flexibility index (Phi) is 5.73. The van der Waals surface area contributed by atoms with Gasteiger partial charge in [0.25, 0.3) is 11.6 Å². The molecule has 28 heavy (non-hydrogen) atoms. The molecule has 9 nitrogen and oxygen atoms in total. The first-order valence-electron chi connectivity index (χ1n) is 8.76. The van der Waals surface area contributed by atoms with Crippen molar-refractivity contribution in [3.8, 4) is 5.75 Å². The van der Waals surface area contributed by atoms with Crippen molar-refractivity contribution in [2.75, 3.05) is 0 Å². The summed E-state index contributed by atoms with van der Waals surface area (Å²) in [6, 6.07) is 10.6. The molecule has 2 aromatic heterocycles. The number of furan rings is 1. The summed E-state index contributed by atoms with van der Waals surface area (Å²) in [7, 11) is 0. The molecule has 0 radical (unpaired) electrons. The highest BCUT2D eigenvalue weighted by atomic mass is 16.6. The van der Waals surface area contributed by atoms with E-state index in [1.54, 1.807) is 16.8 Å². The Morgan fingerprint density at radius 3 is 2.68 bits per heavy atom. The monoisotopic (exact) mass is 384 g/mol. The molecule has 1 aromatic carbocycles. The molecule has 1 unspecified atom stereocenters. The van der Waals surface area contributed by atoms with Crippen LogP contribution in [0, 0.1) is 10.1 Å². The fourth-order valence-electron chi connectivity index (χ4n) is 2.52. The molecule has 3 aromatic rings. The number of rotatable bonds is 8. The Balaban J connectivity index is 1.55. The maximum Gasteiger partial charge on any atom is 0.287 e. The molecule has 0 bridgehead atoms. The smallest absolute Gasteiger partial charge is 0.287 e. The minimum atomic E-state index is -0.477. The van der Waals surface area contributed by atoms with Crippen LogP contribution < -0.4 is 10.1 Å². The second-order valence-corrected chi connectivity index (χ2v) is 6.10. The number of nitro groups is 1. The lowest BCUT2D eigenvalue weighted by molar-refractivity contribution is -0.384. The first-order valence-corrected chi connectivity index (χ1v) is 8.76. The van der Waals surface area contributed by atoms with E-state index in [-0.39, 0.29) is 30.0 Å². The number of hydrogen-bond donors (Lipinski definition) is 1. The number of carbonyl (C=O) groups is 1. The van der Waals surface area contributed by atoms with Crippen LogP contribution in [0.25, 0.3) is 0 Å². The molecule has 0 aliphatic rings. The molecule has 9 heteroatoms. The normalized spacial score (nSPS) is 11.8. The lowest BCUT2D eigenvalue weighted by Crippen LogP contribution is -2.26. The number of amides is 1. The number of carbonyl (C=O) groups excluding carboxylic acids is 1. The zero-order chi connectivity index (χ0) is 20.1. The summed E-state index contributed by atoms with van der Waals surface area (Å²) in [5.41, 5.74) is 0.755. The van der Waals surface area contributed by atoms with Crippen LogP contribution in [-0.2, 0) is 13.2 Å². The summed E-state index contributed by atoms with van der Waals surface area (Å²) >= 11 is 0. The van der Waals surface area contributed by atoms with Gasteiger partial charge in [0.2, 0.25) is 0 Å². The molecule has 1 amide bonds. The Hall–Kier alpha value is -3.62. The number of nitrogens with zero attached hydrogens (tertiary/aromatic N) is 3. The fraction of sp³-hybridized carbons (Fsp3) is 0.263. The molecule has 3 rings (SSSR count). The number of hydrogen-bond acceptors (Lipinski definition) is 6. The van der Waals surface area contributed by atoms with E-state index in [9.17, 15) is 14.9 Å². The molecule has 0 aliphatic heterocycles. The van der Waals surface area contributed by atoms with Crippen molar-refractivity contribution in [1.82, 2.24) is 15.1 Å². The molecule has 0 saturated carbocycles. The SMILES string of the molecule is CCn1ccc(C(C)NC(=O)c2ccc(COc3ccc([N+](=O)[O-])cc3)o2)n1. The molecule has 0 aliphatic carbocycles. The van der Waals surface area contributed by atoms with Crippen LogP contribution in [-0.4, -0.2) is 20.6 Å². The maximum atomic E-state index is 12.3. The van der Waals surface area contributed by atoms with E-state index in [0.29, 0.717) is 11.5 Å². The van der Waals surface area contributed by atoms with Crippen LogP contribution in [0.1, 0.15) is 41.9 Å². The average molecular weight is 384 g/mol. The van der Waals surface area contributed by atoms with Gasteiger partial charge in [0, 0.05) is 24.9 Å². The third kappa shape index (κ3) is 4.56. The van der Waals surface area contributed by atoms with Gasteiger partial charge in [-0.15, -0.1) is 0 Å². The highest BCUT2D eigenvalue weighted by molar-refractivity contribution is 5.91. The second kappa shape index (κ2) is 8.38. The van der Waals surface area contributed by atoms with Gasteiger partial charge in [-0.3, -0.25) is 19.6 Å². The molecular formula is C19H20N4O5. The predicted octanol–water partition coefficient (Wildman–Crippen LogP) is 3.47. The van der Waals surface area contributed by atoms with Gasteiger partial charge in [0.15, 0.2) is 5.76 Å². The van der Waals surface area contributed by atoms with Crippen LogP contribution in [0.15, 0.2) is 53.1 Å². The van der Waals surface area contributed by atoms with Gasteiger partial charge in [0.1, 0.15) is 18.1 Å². The molecule has 1 N–H and O–H groups in total. The topological polar surface area (TPSA) is 112 Å². The van der Waals surface area contributed by atoms with E-state index in [1.165, 1.54) is 24.3 Å². The van der Waals surface area contributed by atoms with E-state index < -0.39 is 4.92 Å². The van der Waals surface area contributed by atoms with Crippen molar-refractivity contribution in [2.24, 2.45) is 0 Å². The van der Waals surface area contributed by atoms with Gasteiger partial charge in [-0.05, 0) is 44.2 Å². The van der Waals surface area contributed by atoms with E-state index >= 15 is 0 Å². The van der Waals surface area contributed by atoms with Crippen molar-refractivity contribution in [2.45, 2.75) is 33.0 Å². The molecule has 146 valence electrons. The molecule has 0 spiro atoms. The molecule has 0 saturated heterocycles. The van der Waals surface area contributed by atoms with Gasteiger partial charge >= 0.3 is 0 Å². The first kappa shape index (κ1) is 19.2. The summed E-state index contributed by atoms with van der Waals surface area (Å²) in [4.78, 5) is 22.5. The third-order valence-corrected chi connectivity index (χ3v) is 4.09. The minimum Gasteiger partial charge on any atom is -0.486 e. The first-order chi connectivity index (χ1) is 13.5. The van der Waals surface area contributed by atoms with Crippen molar-refractivity contribution >= 4 is 11.6 Å². The Bertz CT molecular complexity index is 961. The van der Waals surface area contributed by atoms with Gasteiger partial charge in [-0.2, -0.15) is 5.10 Å². The number of nitro benzene ring substituents is 1. The Morgan fingerprint density at radius 2 is 2.04 bits per heavy atom. The maximum absolute atomic E-state index is 12.3. The zero-order valence-corrected chi connectivity index (χ0v) is 15.5. The Labute approximate surface area is 161 Å².